The second-order valence-corrected chi connectivity index (χ2v) is 4.60. The number of aryl methyl sites for hydroxylation is 2. The molecule has 1 unspecified atom stereocenters. The Morgan fingerprint density at radius 1 is 1.56 bits per heavy atom. The molecule has 1 saturated heterocycles. The molecule has 2 rings (SSSR count). The van der Waals surface area contributed by atoms with E-state index in [9.17, 15) is 0 Å². The summed E-state index contributed by atoms with van der Waals surface area (Å²) in [6.07, 6.45) is 4.53. The number of aromatic nitrogens is 2. The van der Waals surface area contributed by atoms with Crippen LogP contribution in [0.4, 0.5) is 5.95 Å². The quantitative estimate of drug-likeness (QED) is 0.836. The van der Waals surface area contributed by atoms with Gasteiger partial charge in [0, 0.05) is 31.9 Å². The van der Waals surface area contributed by atoms with E-state index in [0.717, 1.165) is 37.7 Å². The molecule has 16 heavy (non-hydrogen) atoms. The van der Waals surface area contributed by atoms with E-state index in [0.29, 0.717) is 6.04 Å². The molecular weight excluding hydrogens is 200 g/mol. The van der Waals surface area contributed by atoms with Crippen LogP contribution in [0.25, 0.3) is 0 Å². The minimum atomic E-state index is 0.618. The summed E-state index contributed by atoms with van der Waals surface area (Å²) in [6.45, 7) is 7.54. The van der Waals surface area contributed by atoms with Gasteiger partial charge in [0.15, 0.2) is 0 Å². The Balaban J connectivity index is 2.13. The lowest BCUT2D eigenvalue weighted by atomic mass is 10.3. The van der Waals surface area contributed by atoms with E-state index in [1.807, 2.05) is 7.05 Å². The number of hydrogen-bond donors (Lipinski definition) is 1. The minimum Gasteiger partial charge on any atom is -0.341 e. The average molecular weight is 222 g/mol. The summed E-state index contributed by atoms with van der Waals surface area (Å²) < 4.78 is 2.29. The number of nitrogens with zero attached hydrogens (tertiary/aromatic N) is 3. The first-order valence-electron chi connectivity index (χ1n) is 6.20. The molecule has 0 saturated carbocycles. The maximum atomic E-state index is 4.64. The first-order valence-corrected chi connectivity index (χ1v) is 6.20. The van der Waals surface area contributed by atoms with Crippen LogP contribution in [-0.2, 0) is 6.54 Å². The molecule has 1 N–H and O–H groups in total. The van der Waals surface area contributed by atoms with Gasteiger partial charge in [-0.2, -0.15) is 0 Å². The van der Waals surface area contributed by atoms with E-state index in [1.54, 1.807) is 0 Å². The summed E-state index contributed by atoms with van der Waals surface area (Å²) in [6, 6.07) is 0.618. The van der Waals surface area contributed by atoms with Gasteiger partial charge in [-0.25, -0.2) is 4.98 Å². The van der Waals surface area contributed by atoms with E-state index in [2.05, 4.69) is 39.8 Å². The molecule has 0 bridgehead atoms. The van der Waals surface area contributed by atoms with Crippen LogP contribution in [0.1, 0.15) is 25.5 Å². The predicted octanol–water partition coefficient (Wildman–Crippen LogP) is 1.40. The van der Waals surface area contributed by atoms with Crippen molar-refractivity contribution < 1.29 is 0 Å². The van der Waals surface area contributed by atoms with Gasteiger partial charge in [0.25, 0.3) is 0 Å². The van der Waals surface area contributed by atoms with Crippen LogP contribution in [0.15, 0.2) is 6.20 Å². The highest BCUT2D eigenvalue weighted by molar-refractivity contribution is 5.35. The minimum absolute atomic E-state index is 0.618. The molecule has 90 valence electrons. The normalized spacial score (nSPS) is 20.7. The smallest absolute Gasteiger partial charge is 0.205 e. The second kappa shape index (κ2) is 4.87. The highest BCUT2D eigenvalue weighted by Crippen LogP contribution is 2.20. The summed E-state index contributed by atoms with van der Waals surface area (Å²) >= 11 is 0. The number of imidazole rings is 1. The number of rotatable bonds is 4. The highest BCUT2D eigenvalue weighted by atomic mass is 15.3. The predicted molar refractivity (Wildman–Crippen MR) is 66.9 cm³/mol. The van der Waals surface area contributed by atoms with Gasteiger partial charge in [-0.05, 0) is 26.8 Å². The van der Waals surface area contributed by atoms with Crippen LogP contribution in [-0.4, -0.2) is 35.7 Å². The van der Waals surface area contributed by atoms with Crippen LogP contribution in [0.2, 0.25) is 0 Å². The summed E-state index contributed by atoms with van der Waals surface area (Å²) in [5, 5.41) is 3.34. The number of nitrogens with one attached hydrogen (secondary N) is 1. The molecule has 0 spiro atoms. The Kier molecular flexibility index (Phi) is 3.49. The van der Waals surface area contributed by atoms with Gasteiger partial charge in [0.05, 0.1) is 5.69 Å². The van der Waals surface area contributed by atoms with Crippen molar-refractivity contribution in [3.63, 3.8) is 0 Å². The molecule has 0 aliphatic carbocycles. The Morgan fingerprint density at radius 2 is 2.38 bits per heavy atom. The van der Waals surface area contributed by atoms with E-state index in [4.69, 9.17) is 0 Å². The van der Waals surface area contributed by atoms with Gasteiger partial charge in [-0.15, -0.1) is 0 Å². The Labute approximate surface area is 97.7 Å². The molecule has 0 amide bonds. The van der Waals surface area contributed by atoms with Gasteiger partial charge in [-0.3, -0.25) is 0 Å². The lowest BCUT2D eigenvalue weighted by Crippen LogP contribution is -2.30. The summed E-state index contributed by atoms with van der Waals surface area (Å²) in [5.41, 5.74) is 1.12. The SMILES string of the molecule is CCCn1cc(C)nc1N1CCC(NC)C1. The van der Waals surface area contributed by atoms with E-state index < -0.39 is 0 Å². The molecule has 0 radical (unpaired) electrons. The van der Waals surface area contributed by atoms with Gasteiger partial charge in [0.1, 0.15) is 0 Å². The fraction of sp³-hybridized carbons (Fsp3) is 0.750. The third kappa shape index (κ3) is 2.21. The van der Waals surface area contributed by atoms with E-state index in [1.165, 1.54) is 6.42 Å². The summed E-state index contributed by atoms with van der Waals surface area (Å²) in [5.74, 6) is 1.15. The molecule has 4 heteroatoms. The monoisotopic (exact) mass is 222 g/mol. The van der Waals surface area contributed by atoms with Crippen LogP contribution >= 0.6 is 0 Å². The van der Waals surface area contributed by atoms with Crippen molar-refractivity contribution in [3.05, 3.63) is 11.9 Å². The Hall–Kier alpha value is -1.03. The number of likely N-dealkylation sites (N-methyl/N-ethyl adjacent to an activating group) is 1. The average Bonchev–Trinajstić information content (AvgIpc) is 2.85. The molecule has 1 atom stereocenters. The fourth-order valence-electron chi connectivity index (χ4n) is 2.37. The Bertz CT molecular complexity index is 345. The molecule has 1 aromatic rings. The maximum Gasteiger partial charge on any atom is 0.205 e. The van der Waals surface area contributed by atoms with Crippen LogP contribution in [0.5, 0.6) is 0 Å². The second-order valence-electron chi connectivity index (χ2n) is 4.60. The zero-order chi connectivity index (χ0) is 11.5. The standard InChI is InChI=1S/C12H22N4/c1-4-6-15-8-10(2)14-12(15)16-7-5-11(9-16)13-3/h8,11,13H,4-7,9H2,1-3H3. The largest absolute Gasteiger partial charge is 0.341 e. The van der Waals surface area contributed by atoms with Gasteiger partial charge < -0.3 is 14.8 Å². The lowest BCUT2D eigenvalue weighted by Gasteiger charge is -2.18. The topological polar surface area (TPSA) is 33.1 Å². The van der Waals surface area contributed by atoms with Crippen LogP contribution < -0.4 is 10.2 Å². The summed E-state index contributed by atoms with van der Waals surface area (Å²) in [4.78, 5) is 7.03. The van der Waals surface area contributed by atoms with Crippen LogP contribution in [0, 0.1) is 6.92 Å². The van der Waals surface area contributed by atoms with Crippen molar-refractivity contribution in [2.75, 3.05) is 25.0 Å². The van der Waals surface area contributed by atoms with Crippen molar-refractivity contribution >= 4 is 5.95 Å². The first-order chi connectivity index (χ1) is 7.74. The molecule has 1 fully saturated rings. The first kappa shape index (κ1) is 11.5. The third-order valence-electron chi connectivity index (χ3n) is 3.22. The highest BCUT2D eigenvalue weighted by Gasteiger charge is 2.24. The van der Waals surface area contributed by atoms with E-state index >= 15 is 0 Å². The zero-order valence-electron chi connectivity index (χ0n) is 10.5. The van der Waals surface area contributed by atoms with Crippen molar-refractivity contribution in [2.24, 2.45) is 0 Å². The molecule has 2 heterocycles. The number of anilines is 1. The third-order valence-corrected chi connectivity index (χ3v) is 3.22. The van der Waals surface area contributed by atoms with E-state index in [-0.39, 0.29) is 0 Å². The van der Waals surface area contributed by atoms with Gasteiger partial charge in [0.2, 0.25) is 5.95 Å². The van der Waals surface area contributed by atoms with Gasteiger partial charge >= 0.3 is 0 Å². The fourth-order valence-corrected chi connectivity index (χ4v) is 2.37. The zero-order valence-corrected chi connectivity index (χ0v) is 10.5. The Morgan fingerprint density at radius 3 is 3.00 bits per heavy atom. The van der Waals surface area contributed by atoms with Crippen molar-refractivity contribution in [1.29, 1.82) is 0 Å². The van der Waals surface area contributed by atoms with Crippen molar-refractivity contribution in [1.82, 2.24) is 14.9 Å². The molecule has 0 aromatic carbocycles. The maximum absolute atomic E-state index is 4.64. The summed E-state index contributed by atoms with van der Waals surface area (Å²) in [7, 11) is 2.04. The molecule has 1 aliphatic rings. The molecule has 4 nitrogen and oxygen atoms in total. The van der Waals surface area contributed by atoms with Gasteiger partial charge in [-0.1, -0.05) is 6.92 Å². The van der Waals surface area contributed by atoms with Crippen LogP contribution in [0.3, 0.4) is 0 Å². The molecule has 1 aromatic heterocycles. The molecular formula is C12H22N4. The van der Waals surface area contributed by atoms with Crippen molar-refractivity contribution in [3.8, 4) is 0 Å². The van der Waals surface area contributed by atoms with Crippen molar-refractivity contribution in [2.45, 2.75) is 39.3 Å². The lowest BCUT2D eigenvalue weighted by molar-refractivity contribution is 0.612. The molecule has 1 aliphatic heterocycles. The number of hydrogen-bond acceptors (Lipinski definition) is 3.